The molecule has 2 N–H and O–H groups in total. The summed E-state index contributed by atoms with van der Waals surface area (Å²) >= 11 is 0. The van der Waals surface area contributed by atoms with Crippen LogP contribution in [-0.2, 0) is 14.3 Å². The molecule has 32 heavy (non-hydrogen) atoms. The van der Waals surface area contributed by atoms with E-state index in [2.05, 4.69) is 19.6 Å². The Labute approximate surface area is 192 Å². The van der Waals surface area contributed by atoms with Crippen LogP contribution >= 0.6 is 0 Å². The molecule has 4 saturated carbocycles. The highest BCUT2D eigenvalue weighted by Gasteiger charge is 2.71. The van der Waals surface area contributed by atoms with Crippen LogP contribution in [0.3, 0.4) is 0 Å². The van der Waals surface area contributed by atoms with Crippen LogP contribution in [0, 0.1) is 28.6 Å². The summed E-state index contributed by atoms with van der Waals surface area (Å²) < 4.78 is 11.7. The minimum absolute atomic E-state index is 0.000156. The molecule has 5 aliphatic rings. The monoisotopic (exact) mass is 444 g/mol. The zero-order valence-corrected chi connectivity index (χ0v) is 19.9. The lowest BCUT2D eigenvalue weighted by Gasteiger charge is -2.65. The molecule has 5 rings (SSSR count). The number of carbonyl (C=O) groups excluding carboxylic acids is 1. The van der Waals surface area contributed by atoms with Gasteiger partial charge in [0.05, 0.1) is 28.8 Å². The van der Waals surface area contributed by atoms with E-state index in [4.69, 9.17) is 9.47 Å². The van der Waals surface area contributed by atoms with Crippen molar-refractivity contribution in [1.82, 2.24) is 0 Å². The molecule has 1 heterocycles. The summed E-state index contributed by atoms with van der Waals surface area (Å²) in [6.07, 6.45) is 10.0. The lowest BCUT2D eigenvalue weighted by Crippen LogP contribution is -2.69. The van der Waals surface area contributed by atoms with Crippen LogP contribution in [0.5, 0.6) is 0 Å². The van der Waals surface area contributed by atoms with Gasteiger partial charge >= 0.3 is 0 Å². The molecule has 0 aromatic carbocycles. The van der Waals surface area contributed by atoms with Crippen molar-refractivity contribution in [2.75, 3.05) is 6.61 Å². The number of allylic oxidation sites excluding steroid dienone is 1. The largest absolute Gasteiger partial charge is 0.490 e. The zero-order valence-electron chi connectivity index (χ0n) is 19.9. The summed E-state index contributed by atoms with van der Waals surface area (Å²) in [4.78, 5) is 12.8. The fourth-order valence-electron chi connectivity index (χ4n) is 8.90. The quantitative estimate of drug-likeness (QED) is 0.632. The van der Waals surface area contributed by atoms with E-state index in [1.165, 1.54) is 5.57 Å². The maximum atomic E-state index is 12.8. The summed E-state index contributed by atoms with van der Waals surface area (Å²) in [6, 6.07) is 0. The first kappa shape index (κ1) is 22.6. The van der Waals surface area contributed by atoms with Gasteiger partial charge in [-0.15, -0.1) is 0 Å². The maximum Gasteiger partial charge on any atom is 0.129 e. The molecule has 0 radical (unpaired) electrons. The van der Waals surface area contributed by atoms with Gasteiger partial charge < -0.3 is 24.5 Å². The number of rotatable bonds is 4. The lowest BCUT2D eigenvalue weighted by molar-refractivity contribution is -0.252. The molecule has 8 atom stereocenters. The molecule has 0 amide bonds. The summed E-state index contributed by atoms with van der Waals surface area (Å²) in [7, 11) is 0. The van der Waals surface area contributed by atoms with Crippen molar-refractivity contribution in [2.45, 2.75) is 102 Å². The van der Waals surface area contributed by atoms with E-state index in [0.717, 1.165) is 50.6 Å². The Bertz CT molecular complexity index is 834. The van der Waals surface area contributed by atoms with Crippen molar-refractivity contribution in [3.8, 4) is 0 Å². The van der Waals surface area contributed by atoms with Crippen molar-refractivity contribution in [3.05, 3.63) is 24.0 Å². The Balaban J connectivity index is 1.46. The molecule has 5 heteroatoms. The predicted octanol–water partition coefficient (Wildman–Crippen LogP) is 4.32. The Morgan fingerprint density at radius 2 is 1.88 bits per heavy atom. The molecule has 0 saturated heterocycles. The van der Waals surface area contributed by atoms with Crippen molar-refractivity contribution >= 4 is 6.29 Å². The van der Waals surface area contributed by atoms with Crippen LogP contribution < -0.4 is 0 Å². The van der Waals surface area contributed by atoms with Crippen molar-refractivity contribution in [1.29, 1.82) is 0 Å². The normalized spacial score (nSPS) is 50.3. The lowest BCUT2D eigenvalue weighted by atomic mass is 9.41. The van der Waals surface area contributed by atoms with E-state index in [1.54, 1.807) is 0 Å². The summed E-state index contributed by atoms with van der Waals surface area (Å²) in [5.41, 5.74) is -1.59. The highest BCUT2D eigenvalue weighted by atomic mass is 16.5. The van der Waals surface area contributed by atoms with Gasteiger partial charge in [0, 0.05) is 11.8 Å². The summed E-state index contributed by atoms with van der Waals surface area (Å²) in [6.45, 7) is 10.8. The number of ether oxygens (including phenoxy) is 2. The zero-order chi connectivity index (χ0) is 22.9. The number of aliphatic hydroxyl groups is 2. The SMILES string of the molecule is C=C1C=C([C@H]2CC[C@]3(O)[C@@H]4CC[C@]5(O)C[C@@H](OC(C)C)CC[C@]5(C=O)C4CC[C@]23C)CO1. The number of hydrogen-bond acceptors (Lipinski definition) is 5. The standard InChI is InChI=1S/C27H40O5/c1-17(2)32-20-5-10-25(16-28)22-6-9-24(4)21(19-13-18(3)31-15-19)8-12-27(24,30)23(22)7-11-26(25,29)14-20/h13,16-17,20-23,29-30H,3,5-12,14-15H2,1-2,4H3/t20-,21+,22?,23+,24+,25-,26-,27-/m0/s1. The van der Waals surface area contributed by atoms with Crippen molar-refractivity contribution in [2.24, 2.45) is 28.6 Å². The second kappa shape index (κ2) is 7.41. The Morgan fingerprint density at radius 1 is 1.12 bits per heavy atom. The minimum atomic E-state index is -1.03. The van der Waals surface area contributed by atoms with Gasteiger partial charge in [0.1, 0.15) is 18.7 Å². The van der Waals surface area contributed by atoms with Crippen molar-refractivity contribution in [3.63, 3.8) is 0 Å². The van der Waals surface area contributed by atoms with E-state index in [0.29, 0.717) is 25.9 Å². The van der Waals surface area contributed by atoms with Crippen LogP contribution in [0.4, 0.5) is 0 Å². The van der Waals surface area contributed by atoms with Gasteiger partial charge in [0.15, 0.2) is 0 Å². The van der Waals surface area contributed by atoms with Gasteiger partial charge in [-0.2, -0.15) is 0 Å². The molecule has 0 aromatic heterocycles. The number of aldehydes is 1. The van der Waals surface area contributed by atoms with E-state index in [9.17, 15) is 15.0 Å². The average Bonchev–Trinajstić information content (AvgIpc) is 3.27. The smallest absolute Gasteiger partial charge is 0.129 e. The van der Waals surface area contributed by atoms with E-state index >= 15 is 0 Å². The molecule has 4 fully saturated rings. The predicted molar refractivity (Wildman–Crippen MR) is 122 cm³/mol. The van der Waals surface area contributed by atoms with Crippen molar-refractivity contribution < 1.29 is 24.5 Å². The number of carbonyl (C=O) groups is 1. The van der Waals surface area contributed by atoms with Crippen LogP contribution in [-0.4, -0.2) is 46.5 Å². The van der Waals surface area contributed by atoms with Crippen LogP contribution in [0.25, 0.3) is 0 Å². The van der Waals surface area contributed by atoms with Gasteiger partial charge in [-0.25, -0.2) is 0 Å². The summed E-state index contributed by atoms with van der Waals surface area (Å²) in [5, 5.41) is 24.2. The van der Waals surface area contributed by atoms with Gasteiger partial charge in [0.2, 0.25) is 0 Å². The molecular weight excluding hydrogens is 404 g/mol. The second-order valence-corrected chi connectivity index (χ2v) is 11.9. The minimum Gasteiger partial charge on any atom is -0.490 e. The van der Waals surface area contributed by atoms with Gasteiger partial charge in [-0.3, -0.25) is 0 Å². The highest BCUT2D eigenvalue weighted by Crippen LogP contribution is 2.70. The number of fused-ring (bicyclic) bond motifs is 5. The molecule has 1 unspecified atom stereocenters. The fraction of sp³-hybridized carbons (Fsp3) is 0.815. The highest BCUT2D eigenvalue weighted by molar-refractivity contribution is 5.64. The summed E-state index contributed by atoms with van der Waals surface area (Å²) in [5.74, 6) is 1.08. The van der Waals surface area contributed by atoms with E-state index in [-0.39, 0.29) is 35.4 Å². The Morgan fingerprint density at radius 3 is 2.53 bits per heavy atom. The van der Waals surface area contributed by atoms with Gasteiger partial charge in [-0.05, 0) is 94.6 Å². The topological polar surface area (TPSA) is 76.0 Å². The Hall–Kier alpha value is -1.17. The van der Waals surface area contributed by atoms with Crippen LogP contribution in [0.15, 0.2) is 24.0 Å². The van der Waals surface area contributed by atoms with E-state index in [1.807, 2.05) is 13.8 Å². The molecular formula is C27H40O5. The third-order valence-corrected chi connectivity index (χ3v) is 10.4. The molecule has 0 bridgehead atoms. The fourth-order valence-corrected chi connectivity index (χ4v) is 8.90. The van der Waals surface area contributed by atoms with Gasteiger partial charge in [0.25, 0.3) is 0 Å². The second-order valence-electron chi connectivity index (χ2n) is 11.9. The maximum absolute atomic E-state index is 12.8. The molecule has 0 aromatic rings. The Kier molecular flexibility index (Phi) is 5.24. The molecule has 5 nitrogen and oxygen atoms in total. The van der Waals surface area contributed by atoms with E-state index < -0.39 is 16.6 Å². The average molecular weight is 445 g/mol. The van der Waals surface area contributed by atoms with Crippen LogP contribution in [0.2, 0.25) is 0 Å². The molecule has 178 valence electrons. The first-order valence-electron chi connectivity index (χ1n) is 12.7. The molecule has 0 spiro atoms. The first-order valence-corrected chi connectivity index (χ1v) is 12.7. The van der Waals surface area contributed by atoms with Gasteiger partial charge in [-0.1, -0.05) is 13.5 Å². The third-order valence-electron chi connectivity index (χ3n) is 10.4. The third kappa shape index (κ3) is 2.89. The molecule has 4 aliphatic carbocycles. The first-order chi connectivity index (χ1) is 15.1. The molecule has 1 aliphatic heterocycles. The number of hydrogen-bond donors (Lipinski definition) is 2. The van der Waals surface area contributed by atoms with Crippen LogP contribution in [0.1, 0.15) is 78.6 Å².